The van der Waals surface area contributed by atoms with Gasteiger partial charge >= 0.3 is 21.9 Å². The number of hydrogen-bond acceptors (Lipinski definition) is 2. The minimum Gasteiger partial charge on any atom is -0.280 e. The third-order valence-electron chi connectivity index (χ3n) is 3.67. The van der Waals surface area contributed by atoms with Crippen LogP contribution in [0.4, 0.5) is 35.1 Å². The van der Waals surface area contributed by atoms with Crippen molar-refractivity contribution in [2.24, 2.45) is 0 Å². The molecule has 12 heteroatoms. The van der Waals surface area contributed by atoms with Crippen molar-refractivity contribution in [1.82, 2.24) is 0 Å². The first-order valence-electron chi connectivity index (χ1n) is 8.21. The van der Waals surface area contributed by atoms with Gasteiger partial charge in [-0.3, -0.25) is 9.47 Å². The van der Waals surface area contributed by atoms with Gasteiger partial charge in [-0.25, -0.2) is 0 Å². The highest BCUT2D eigenvalue weighted by atomic mass is 79.9. The number of rotatable bonds is 9. The minimum atomic E-state index is -5.40. The molecule has 2 aromatic carbocycles. The summed E-state index contributed by atoms with van der Waals surface area (Å²) < 4.78 is 115. The van der Waals surface area contributed by atoms with Crippen LogP contribution in [-0.2, 0) is 9.47 Å². The SMILES string of the molecule is FC(F)(Br)C(F)(F)OC(OC(F)(F)C(F)(F)Br)c1ccccc1/C=C/c1ccccc1. The van der Waals surface area contributed by atoms with Gasteiger partial charge in [-0.15, -0.1) is 0 Å². The molecule has 0 N–H and O–H groups in total. The van der Waals surface area contributed by atoms with E-state index in [9.17, 15) is 35.1 Å². The highest BCUT2D eigenvalue weighted by Crippen LogP contribution is 2.48. The number of hydrogen-bond donors (Lipinski definition) is 0. The summed E-state index contributed by atoms with van der Waals surface area (Å²) in [6, 6.07) is 13.1. The lowest BCUT2D eigenvalue weighted by Crippen LogP contribution is -2.44. The second-order valence-corrected chi connectivity index (χ2v) is 7.96. The van der Waals surface area contributed by atoms with E-state index in [1.165, 1.54) is 62.2 Å². The van der Waals surface area contributed by atoms with Gasteiger partial charge in [0.15, 0.2) is 6.29 Å². The Kier molecular flexibility index (Phi) is 7.94. The molecule has 0 saturated carbocycles. The van der Waals surface area contributed by atoms with E-state index < -0.39 is 33.7 Å². The Balaban J connectivity index is 2.50. The molecular weight excluding hydrogens is 572 g/mol. The monoisotopic (exact) mass is 582 g/mol. The van der Waals surface area contributed by atoms with Gasteiger partial charge in [0.25, 0.3) is 0 Å². The summed E-state index contributed by atoms with van der Waals surface area (Å²) in [7, 11) is 0. The van der Waals surface area contributed by atoms with Crippen molar-refractivity contribution < 1.29 is 44.6 Å². The van der Waals surface area contributed by atoms with Crippen LogP contribution in [0.2, 0.25) is 0 Å². The van der Waals surface area contributed by atoms with Crippen molar-refractivity contribution in [3.05, 3.63) is 71.3 Å². The van der Waals surface area contributed by atoms with Crippen LogP contribution in [0.1, 0.15) is 23.0 Å². The smallest absolute Gasteiger partial charge is 0.280 e. The zero-order valence-corrected chi connectivity index (χ0v) is 18.2. The quantitative estimate of drug-likeness (QED) is 0.129. The van der Waals surface area contributed by atoms with Crippen LogP contribution >= 0.6 is 31.9 Å². The minimum absolute atomic E-state index is 0.0845. The largest absolute Gasteiger partial charge is 0.432 e. The van der Waals surface area contributed by atoms with Crippen molar-refractivity contribution in [2.75, 3.05) is 0 Å². The highest BCUT2D eigenvalue weighted by Gasteiger charge is 2.62. The van der Waals surface area contributed by atoms with E-state index >= 15 is 0 Å². The van der Waals surface area contributed by atoms with Gasteiger partial charge in [0.05, 0.1) is 0 Å². The fourth-order valence-electron chi connectivity index (χ4n) is 2.18. The van der Waals surface area contributed by atoms with E-state index in [0.717, 1.165) is 6.07 Å². The van der Waals surface area contributed by atoms with Crippen molar-refractivity contribution in [3.8, 4) is 0 Å². The molecule has 2 nitrogen and oxygen atoms in total. The van der Waals surface area contributed by atoms with Gasteiger partial charge in [0, 0.05) is 37.4 Å². The Hall–Kier alpha value is -1.50. The van der Waals surface area contributed by atoms with E-state index in [0.29, 0.717) is 5.56 Å². The second-order valence-electron chi connectivity index (χ2n) is 5.97. The average molecular weight is 584 g/mol. The maximum Gasteiger partial charge on any atom is 0.432 e. The van der Waals surface area contributed by atoms with E-state index in [1.54, 1.807) is 30.3 Å². The fraction of sp³-hybridized carbons (Fsp3) is 0.263. The molecule has 0 unspecified atom stereocenters. The van der Waals surface area contributed by atoms with Gasteiger partial charge in [0.2, 0.25) is 0 Å². The fourth-order valence-corrected chi connectivity index (χ4v) is 2.37. The van der Waals surface area contributed by atoms with Crippen LogP contribution in [0, 0.1) is 0 Å². The molecule has 31 heavy (non-hydrogen) atoms. The summed E-state index contributed by atoms with van der Waals surface area (Å²) >= 11 is 2.75. The second kappa shape index (κ2) is 9.55. The molecule has 170 valence electrons. The molecule has 0 atom stereocenters. The van der Waals surface area contributed by atoms with Gasteiger partial charge < -0.3 is 0 Å². The third kappa shape index (κ3) is 6.74. The van der Waals surface area contributed by atoms with Gasteiger partial charge in [0.1, 0.15) is 0 Å². The topological polar surface area (TPSA) is 18.5 Å². The van der Waals surface area contributed by atoms with E-state index in [-0.39, 0.29) is 5.56 Å². The zero-order valence-electron chi connectivity index (χ0n) is 15.0. The molecule has 0 heterocycles. The van der Waals surface area contributed by atoms with E-state index in [2.05, 4.69) is 9.47 Å². The van der Waals surface area contributed by atoms with Crippen LogP contribution in [0.5, 0.6) is 0 Å². The lowest BCUT2D eigenvalue weighted by Gasteiger charge is -2.31. The standard InChI is InChI=1S/C19H12Br2F8O2/c20-16(22,23)18(26,27)30-15(31-19(28,29)17(21,24)25)14-9-5-4-8-13(14)11-10-12-6-2-1-3-7-12/h1-11,15H/b11-10+. The maximum absolute atomic E-state index is 13.8. The number of alkyl halides is 10. The molecule has 0 aliphatic carbocycles. The summed E-state index contributed by atoms with van der Waals surface area (Å²) in [6.07, 6.45) is -11.1. The van der Waals surface area contributed by atoms with E-state index in [1.807, 2.05) is 0 Å². The van der Waals surface area contributed by atoms with Crippen LogP contribution in [0.15, 0.2) is 54.6 Å². The van der Waals surface area contributed by atoms with Gasteiger partial charge in [-0.1, -0.05) is 66.7 Å². The van der Waals surface area contributed by atoms with Crippen molar-refractivity contribution in [2.45, 2.75) is 28.2 Å². The summed E-state index contributed by atoms with van der Waals surface area (Å²) in [5, 5.41) is 0. The van der Waals surface area contributed by atoms with Crippen LogP contribution in [-0.4, -0.2) is 21.9 Å². The summed E-state index contributed by atoms with van der Waals surface area (Å²) in [5.41, 5.74) is -0.0911. The van der Waals surface area contributed by atoms with Gasteiger partial charge in [-0.05, 0) is 11.1 Å². The molecule has 0 spiro atoms. The van der Waals surface area contributed by atoms with Crippen molar-refractivity contribution in [3.63, 3.8) is 0 Å². The molecule has 0 aliphatic rings. The van der Waals surface area contributed by atoms with Crippen molar-refractivity contribution >= 4 is 44.0 Å². The molecule has 0 aromatic heterocycles. The number of halogens is 10. The first kappa shape index (κ1) is 25.8. The zero-order chi connectivity index (χ0) is 23.5. The normalized spacial score (nSPS) is 13.9. The average Bonchev–Trinajstić information content (AvgIpc) is 2.65. The highest BCUT2D eigenvalue weighted by molar-refractivity contribution is 9.10. The Morgan fingerprint density at radius 1 is 0.645 bits per heavy atom. The number of ether oxygens (including phenoxy) is 2. The first-order valence-corrected chi connectivity index (χ1v) is 9.79. The van der Waals surface area contributed by atoms with Crippen LogP contribution in [0.25, 0.3) is 12.2 Å². The Bertz CT molecular complexity index is 868. The molecule has 0 radical (unpaired) electrons. The lowest BCUT2D eigenvalue weighted by molar-refractivity contribution is -0.426. The third-order valence-corrected chi connectivity index (χ3v) is 4.60. The van der Waals surface area contributed by atoms with Crippen molar-refractivity contribution in [1.29, 1.82) is 0 Å². The molecule has 2 aromatic rings. The maximum atomic E-state index is 13.8. The molecule has 0 amide bonds. The molecule has 0 saturated heterocycles. The first-order chi connectivity index (χ1) is 14.1. The van der Waals surface area contributed by atoms with E-state index in [4.69, 9.17) is 0 Å². The Labute approximate surface area is 188 Å². The predicted molar refractivity (Wildman–Crippen MR) is 104 cm³/mol. The predicted octanol–water partition coefficient (Wildman–Crippen LogP) is 8.05. The molecule has 0 fully saturated rings. The Morgan fingerprint density at radius 3 is 1.58 bits per heavy atom. The van der Waals surface area contributed by atoms with Crippen LogP contribution in [0.3, 0.4) is 0 Å². The molecule has 0 aliphatic heterocycles. The summed E-state index contributed by atoms with van der Waals surface area (Å²) in [4.78, 5) is -10.0. The molecule has 0 bridgehead atoms. The summed E-state index contributed by atoms with van der Waals surface area (Å²) in [6.45, 7) is 0. The molecule has 2 rings (SSSR count). The molecular formula is C19H12Br2F8O2. The number of benzene rings is 2. The van der Waals surface area contributed by atoms with Gasteiger partial charge in [-0.2, -0.15) is 35.1 Å². The van der Waals surface area contributed by atoms with Crippen LogP contribution < -0.4 is 0 Å². The Morgan fingerprint density at radius 2 is 1.10 bits per heavy atom. The lowest BCUT2D eigenvalue weighted by atomic mass is 10.1. The summed E-state index contributed by atoms with van der Waals surface area (Å²) in [5.74, 6) is 0.